The first-order valence-electron chi connectivity index (χ1n) is 9.47. The van der Waals surface area contributed by atoms with Crippen LogP contribution in [0.1, 0.15) is 24.2 Å². The van der Waals surface area contributed by atoms with Gasteiger partial charge in [-0.05, 0) is 31.5 Å². The van der Waals surface area contributed by atoms with Crippen LogP contribution < -0.4 is 10.9 Å². The molecule has 3 rings (SSSR count). The van der Waals surface area contributed by atoms with Gasteiger partial charge in [-0.2, -0.15) is 4.98 Å². The van der Waals surface area contributed by atoms with Crippen LogP contribution >= 0.6 is 23.1 Å². The van der Waals surface area contributed by atoms with Crippen molar-refractivity contribution in [3.05, 3.63) is 63.6 Å². The van der Waals surface area contributed by atoms with Gasteiger partial charge in [0.15, 0.2) is 5.16 Å². The Hall–Kier alpha value is -2.98. The molecule has 0 unspecified atom stereocenters. The second-order valence-electron chi connectivity index (χ2n) is 6.25. The van der Waals surface area contributed by atoms with E-state index in [1.165, 1.54) is 29.5 Å². The van der Waals surface area contributed by atoms with Crippen LogP contribution in [-0.2, 0) is 16.1 Å². The van der Waals surface area contributed by atoms with Crippen LogP contribution in [0.4, 0.5) is 9.39 Å². The molecule has 0 saturated carbocycles. The largest absolute Gasteiger partial charge is 0.462 e. The molecule has 1 aromatic carbocycles. The minimum Gasteiger partial charge on any atom is -0.462 e. The topological polar surface area (TPSA) is 90.3 Å². The number of thiophene rings is 1. The third-order valence-corrected chi connectivity index (χ3v) is 6.09. The van der Waals surface area contributed by atoms with Crippen molar-refractivity contribution in [1.29, 1.82) is 0 Å². The molecule has 0 bridgehead atoms. The lowest BCUT2D eigenvalue weighted by atomic mass is 10.0. The highest BCUT2D eigenvalue weighted by molar-refractivity contribution is 7.99. The average Bonchev–Trinajstić information content (AvgIpc) is 3.16. The molecule has 31 heavy (non-hydrogen) atoms. The molecular formula is C21H20FN3O4S2. The number of anilines is 1. The van der Waals surface area contributed by atoms with Gasteiger partial charge in [-0.1, -0.05) is 23.9 Å². The molecular weight excluding hydrogens is 441 g/mol. The molecule has 0 spiro atoms. The van der Waals surface area contributed by atoms with Gasteiger partial charge in [0.1, 0.15) is 16.4 Å². The zero-order valence-corrected chi connectivity index (χ0v) is 18.5. The molecule has 0 fully saturated rings. The maximum Gasteiger partial charge on any atom is 0.341 e. The van der Waals surface area contributed by atoms with Crippen molar-refractivity contribution in [3.8, 4) is 11.1 Å². The number of aryl methyl sites for hydroxylation is 1. The molecule has 3 aromatic rings. The molecule has 10 heteroatoms. The van der Waals surface area contributed by atoms with Crippen molar-refractivity contribution in [2.45, 2.75) is 25.5 Å². The van der Waals surface area contributed by atoms with Gasteiger partial charge in [0.2, 0.25) is 5.91 Å². The molecule has 0 aliphatic heterocycles. The summed E-state index contributed by atoms with van der Waals surface area (Å²) in [4.78, 5) is 40.6. The number of ether oxygens (including phenoxy) is 1. The highest BCUT2D eigenvalue weighted by atomic mass is 32.2. The summed E-state index contributed by atoms with van der Waals surface area (Å²) < 4.78 is 20.2. The van der Waals surface area contributed by atoms with Gasteiger partial charge < -0.3 is 14.6 Å². The number of hydrogen-bond acceptors (Lipinski definition) is 7. The molecule has 2 aromatic heterocycles. The Morgan fingerprint density at radius 1 is 1.23 bits per heavy atom. The number of rotatable bonds is 8. The van der Waals surface area contributed by atoms with E-state index in [4.69, 9.17) is 4.74 Å². The van der Waals surface area contributed by atoms with Crippen molar-refractivity contribution in [3.63, 3.8) is 0 Å². The fraction of sp³-hybridized carbons (Fsp3) is 0.238. The number of nitrogens with zero attached hydrogens (tertiary/aromatic N) is 2. The van der Waals surface area contributed by atoms with Crippen LogP contribution in [0.25, 0.3) is 11.1 Å². The highest BCUT2D eigenvalue weighted by Gasteiger charge is 2.23. The Kier molecular flexibility index (Phi) is 7.59. The summed E-state index contributed by atoms with van der Waals surface area (Å²) in [5, 5.41) is 5.24. The van der Waals surface area contributed by atoms with Gasteiger partial charge in [0, 0.05) is 29.8 Å². The summed E-state index contributed by atoms with van der Waals surface area (Å²) in [6, 6.07) is 7.09. The second-order valence-corrected chi connectivity index (χ2v) is 8.07. The molecule has 162 valence electrons. The number of amides is 1. The Morgan fingerprint density at radius 2 is 1.97 bits per heavy atom. The molecule has 0 aliphatic carbocycles. The zero-order chi connectivity index (χ0) is 22.4. The fourth-order valence-electron chi connectivity index (χ4n) is 2.76. The van der Waals surface area contributed by atoms with Crippen LogP contribution in [0, 0.1) is 5.82 Å². The molecule has 1 amide bonds. The number of thioether (sulfide) groups is 1. The number of esters is 1. The van der Waals surface area contributed by atoms with Gasteiger partial charge >= 0.3 is 5.97 Å². The van der Waals surface area contributed by atoms with Gasteiger partial charge in [0.05, 0.1) is 12.4 Å². The van der Waals surface area contributed by atoms with E-state index in [0.717, 1.165) is 11.8 Å². The number of nitrogens with one attached hydrogen (secondary N) is 1. The maximum absolute atomic E-state index is 13.3. The summed E-state index contributed by atoms with van der Waals surface area (Å²) in [5.41, 5.74) is 1.03. The van der Waals surface area contributed by atoms with Gasteiger partial charge in [0.25, 0.3) is 5.56 Å². The number of hydrogen-bond donors (Lipinski definition) is 1. The van der Waals surface area contributed by atoms with E-state index >= 15 is 0 Å². The molecule has 0 saturated heterocycles. The lowest BCUT2D eigenvalue weighted by Crippen LogP contribution is -2.18. The van der Waals surface area contributed by atoms with E-state index in [0.29, 0.717) is 27.8 Å². The number of carbonyl (C=O) groups is 2. The lowest BCUT2D eigenvalue weighted by Gasteiger charge is -2.10. The molecule has 0 atom stereocenters. The lowest BCUT2D eigenvalue weighted by molar-refractivity contribution is -0.113. The van der Waals surface area contributed by atoms with E-state index in [-0.39, 0.29) is 35.2 Å². The number of halogens is 1. The smallest absolute Gasteiger partial charge is 0.341 e. The monoisotopic (exact) mass is 461 g/mol. The Morgan fingerprint density at radius 3 is 2.65 bits per heavy atom. The van der Waals surface area contributed by atoms with Gasteiger partial charge in [-0.3, -0.25) is 9.59 Å². The van der Waals surface area contributed by atoms with Crippen molar-refractivity contribution in [1.82, 2.24) is 9.55 Å². The summed E-state index contributed by atoms with van der Waals surface area (Å²) >= 11 is 2.31. The predicted molar refractivity (Wildman–Crippen MR) is 119 cm³/mol. The predicted octanol–water partition coefficient (Wildman–Crippen LogP) is 4.04. The minimum atomic E-state index is -0.574. The minimum absolute atomic E-state index is 0.00248. The van der Waals surface area contributed by atoms with Gasteiger partial charge in [-0.15, -0.1) is 11.3 Å². The van der Waals surface area contributed by atoms with E-state index in [1.54, 1.807) is 35.2 Å². The summed E-state index contributed by atoms with van der Waals surface area (Å²) in [6.07, 6.45) is 1.63. The van der Waals surface area contributed by atoms with Crippen LogP contribution in [0.5, 0.6) is 0 Å². The molecule has 2 heterocycles. The summed E-state index contributed by atoms with van der Waals surface area (Å²) in [6.45, 7) is 4.38. The summed E-state index contributed by atoms with van der Waals surface area (Å²) in [7, 11) is 0. The number of carbonyl (C=O) groups excluding carboxylic acids is 2. The summed E-state index contributed by atoms with van der Waals surface area (Å²) in [5.74, 6) is -1.32. The van der Waals surface area contributed by atoms with E-state index < -0.39 is 5.97 Å². The number of benzene rings is 1. The average molecular weight is 462 g/mol. The second kappa shape index (κ2) is 10.4. The van der Waals surface area contributed by atoms with Crippen LogP contribution in [0.3, 0.4) is 0 Å². The Labute approximate surface area is 186 Å². The zero-order valence-electron chi connectivity index (χ0n) is 16.9. The van der Waals surface area contributed by atoms with E-state index in [9.17, 15) is 18.8 Å². The third kappa shape index (κ3) is 5.59. The van der Waals surface area contributed by atoms with Crippen molar-refractivity contribution in [2.24, 2.45) is 0 Å². The van der Waals surface area contributed by atoms with Crippen molar-refractivity contribution < 1.29 is 18.7 Å². The molecule has 1 N–H and O–H groups in total. The molecule has 0 aliphatic rings. The Bertz CT molecular complexity index is 1140. The van der Waals surface area contributed by atoms with Crippen LogP contribution in [0.15, 0.2) is 51.9 Å². The van der Waals surface area contributed by atoms with E-state index in [1.807, 2.05) is 6.92 Å². The number of aromatic nitrogens is 2. The van der Waals surface area contributed by atoms with Crippen LogP contribution in [-0.4, -0.2) is 33.8 Å². The maximum atomic E-state index is 13.3. The van der Waals surface area contributed by atoms with Crippen molar-refractivity contribution in [2.75, 3.05) is 17.7 Å². The highest BCUT2D eigenvalue weighted by Crippen LogP contribution is 2.36. The SMILES string of the molecule is CCOC(=O)c1c(-c2ccc(F)cc2)csc1NC(=O)CSc1nc(=O)ccn1CC. The quantitative estimate of drug-likeness (QED) is 0.309. The van der Waals surface area contributed by atoms with Gasteiger partial charge in [-0.25, -0.2) is 9.18 Å². The Balaban J connectivity index is 1.81. The standard InChI is InChI=1S/C21H20FN3O4S2/c1-3-25-10-9-16(26)24-21(25)31-12-17(27)23-19-18(20(28)29-4-2)15(11-30-19)13-5-7-14(22)8-6-13/h5-11H,3-4,12H2,1-2H3,(H,23,27). The molecule has 7 nitrogen and oxygen atoms in total. The van der Waals surface area contributed by atoms with E-state index in [2.05, 4.69) is 10.3 Å². The van der Waals surface area contributed by atoms with Crippen LogP contribution in [0.2, 0.25) is 0 Å². The first-order valence-corrected chi connectivity index (χ1v) is 11.3. The first-order chi connectivity index (χ1) is 14.9. The first kappa shape index (κ1) is 22.7. The van der Waals surface area contributed by atoms with Crippen molar-refractivity contribution >= 4 is 40.0 Å². The third-order valence-electron chi connectivity index (χ3n) is 4.20. The normalized spacial score (nSPS) is 10.7. The fourth-order valence-corrected chi connectivity index (χ4v) is 4.58. The molecule has 0 radical (unpaired) electrons.